The van der Waals surface area contributed by atoms with Crippen LogP contribution in [0.25, 0.3) is 0 Å². The van der Waals surface area contributed by atoms with E-state index in [1.165, 1.54) is 0 Å². The van der Waals surface area contributed by atoms with Crippen molar-refractivity contribution in [3.05, 3.63) is 22.9 Å². The predicted octanol–water partition coefficient (Wildman–Crippen LogP) is 2.33. The fourth-order valence-corrected chi connectivity index (χ4v) is 2.08. The van der Waals surface area contributed by atoms with Gasteiger partial charge >= 0.3 is 0 Å². The van der Waals surface area contributed by atoms with Crippen molar-refractivity contribution in [1.29, 1.82) is 0 Å². The van der Waals surface area contributed by atoms with Gasteiger partial charge in [-0.2, -0.15) is 0 Å². The van der Waals surface area contributed by atoms with Crippen molar-refractivity contribution in [3.63, 3.8) is 0 Å². The van der Waals surface area contributed by atoms with Crippen LogP contribution in [0.1, 0.15) is 6.42 Å². The Morgan fingerprint density at radius 3 is 2.65 bits per heavy atom. The summed E-state index contributed by atoms with van der Waals surface area (Å²) in [6.45, 7) is 3.29. The predicted molar refractivity (Wildman–Crippen MR) is 72.5 cm³/mol. The van der Waals surface area contributed by atoms with Gasteiger partial charge < -0.3 is 14.4 Å². The molecule has 1 rings (SSSR count). The molecular weight excluding hydrogens is 284 g/mol. The van der Waals surface area contributed by atoms with Crippen molar-refractivity contribution in [1.82, 2.24) is 4.98 Å². The molecule has 96 valence electrons. The second kappa shape index (κ2) is 8.44. The number of pyridine rings is 1. The molecule has 4 nitrogen and oxygen atoms in total. The van der Waals surface area contributed by atoms with Crippen molar-refractivity contribution >= 4 is 21.6 Å². The zero-order chi connectivity index (χ0) is 12.5. The number of ether oxygens (including phenoxy) is 2. The van der Waals surface area contributed by atoms with Gasteiger partial charge in [0.15, 0.2) is 0 Å². The van der Waals surface area contributed by atoms with Crippen LogP contribution in [-0.2, 0) is 9.47 Å². The van der Waals surface area contributed by atoms with Crippen molar-refractivity contribution in [2.45, 2.75) is 6.42 Å². The molecule has 1 heterocycles. The zero-order valence-corrected chi connectivity index (χ0v) is 11.9. The molecule has 0 saturated carbocycles. The summed E-state index contributed by atoms with van der Waals surface area (Å²) in [5.41, 5.74) is 1.15. The van der Waals surface area contributed by atoms with Gasteiger partial charge in [-0.15, -0.1) is 0 Å². The molecule has 0 aliphatic heterocycles. The van der Waals surface area contributed by atoms with Crippen LogP contribution in [-0.4, -0.2) is 45.5 Å². The van der Waals surface area contributed by atoms with Gasteiger partial charge in [-0.3, -0.25) is 4.98 Å². The van der Waals surface area contributed by atoms with Crippen LogP contribution in [0.3, 0.4) is 0 Å². The van der Waals surface area contributed by atoms with Crippen LogP contribution in [0.2, 0.25) is 0 Å². The standard InChI is InChI=1S/C12H19BrN2O2/c1-16-8-3-6-15(7-9-17-2)12-4-5-14-10-11(12)13/h4-5,10H,3,6-9H2,1-2H3. The van der Waals surface area contributed by atoms with Crippen LogP contribution < -0.4 is 4.90 Å². The third-order valence-corrected chi connectivity index (χ3v) is 3.04. The van der Waals surface area contributed by atoms with Crippen LogP contribution in [0, 0.1) is 0 Å². The molecule has 0 atom stereocenters. The molecule has 0 unspecified atom stereocenters. The first kappa shape index (κ1) is 14.4. The maximum absolute atomic E-state index is 5.14. The molecule has 0 radical (unpaired) electrons. The summed E-state index contributed by atoms with van der Waals surface area (Å²) in [6, 6.07) is 2.01. The lowest BCUT2D eigenvalue weighted by atomic mass is 10.3. The highest BCUT2D eigenvalue weighted by Gasteiger charge is 2.09. The minimum atomic E-state index is 0.710. The number of hydrogen-bond acceptors (Lipinski definition) is 4. The van der Waals surface area contributed by atoms with Gasteiger partial charge in [0.1, 0.15) is 0 Å². The minimum absolute atomic E-state index is 0.710. The first-order valence-corrected chi connectivity index (χ1v) is 6.41. The molecule has 1 aromatic heterocycles. The van der Waals surface area contributed by atoms with Crippen molar-refractivity contribution in [3.8, 4) is 0 Å². The monoisotopic (exact) mass is 302 g/mol. The molecule has 17 heavy (non-hydrogen) atoms. The summed E-state index contributed by atoms with van der Waals surface area (Å²) in [5, 5.41) is 0. The number of aromatic nitrogens is 1. The summed E-state index contributed by atoms with van der Waals surface area (Å²) in [4.78, 5) is 6.35. The molecule has 0 fully saturated rings. The molecule has 5 heteroatoms. The first-order valence-electron chi connectivity index (χ1n) is 5.62. The Labute approximate surface area is 111 Å². The van der Waals surface area contributed by atoms with Gasteiger partial charge in [-0.1, -0.05) is 0 Å². The molecular formula is C12H19BrN2O2. The Morgan fingerprint density at radius 1 is 1.24 bits per heavy atom. The van der Waals surface area contributed by atoms with E-state index in [9.17, 15) is 0 Å². The van der Waals surface area contributed by atoms with Crippen LogP contribution in [0.5, 0.6) is 0 Å². The smallest absolute Gasteiger partial charge is 0.0637 e. The number of halogens is 1. The number of methoxy groups -OCH3 is 2. The van der Waals surface area contributed by atoms with Gasteiger partial charge in [-0.25, -0.2) is 0 Å². The number of anilines is 1. The highest BCUT2D eigenvalue weighted by Crippen LogP contribution is 2.24. The number of nitrogens with zero attached hydrogens (tertiary/aromatic N) is 2. The Morgan fingerprint density at radius 2 is 2.00 bits per heavy atom. The lowest BCUT2D eigenvalue weighted by Crippen LogP contribution is -2.29. The average Bonchev–Trinajstić information content (AvgIpc) is 2.35. The average molecular weight is 303 g/mol. The van der Waals surface area contributed by atoms with E-state index in [1.807, 2.05) is 12.3 Å². The molecule has 0 spiro atoms. The quantitative estimate of drug-likeness (QED) is 0.690. The Kier molecular flexibility index (Phi) is 7.16. The van der Waals surface area contributed by atoms with Crippen molar-refractivity contribution in [2.24, 2.45) is 0 Å². The third kappa shape index (κ3) is 5.02. The number of hydrogen-bond donors (Lipinski definition) is 0. The van der Waals surface area contributed by atoms with E-state index in [0.717, 1.165) is 36.3 Å². The van der Waals surface area contributed by atoms with Crippen LogP contribution in [0.4, 0.5) is 5.69 Å². The van der Waals surface area contributed by atoms with Gasteiger partial charge in [0.25, 0.3) is 0 Å². The summed E-state index contributed by atoms with van der Waals surface area (Å²) >= 11 is 3.52. The lowest BCUT2D eigenvalue weighted by molar-refractivity contribution is 0.191. The Bertz CT molecular complexity index is 323. The van der Waals surface area contributed by atoms with E-state index in [2.05, 4.69) is 25.8 Å². The maximum Gasteiger partial charge on any atom is 0.0637 e. The van der Waals surface area contributed by atoms with Gasteiger partial charge in [0.2, 0.25) is 0 Å². The molecule has 1 aromatic rings. The normalized spacial score (nSPS) is 10.5. The SMILES string of the molecule is COCCCN(CCOC)c1ccncc1Br. The molecule has 0 aliphatic rings. The van der Waals surface area contributed by atoms with E-state index >= 15 is 0 Å². The second-order valence-electron chi connectivity index (χ2n) is 3.65. The van der Waals surface area contributed by atoms with E-state index in [4.69, 9.17) is 9.47 Å². The Hall–Kier alpha value is -0.650. The molecule has 0 aromatic carbocycles. The summed E-state index contributed by atoms with van der Waals surface area (Å²) in [7, 11) is 3.44. The molecule has 0 amide bonds. The zero-order valence-electron chi connectivity index (χ0n) is 10.4. The van der Waals surface area contributed by atoms with E-state index in [-0.39, 0.29) is 0 Å². The largest absolute Gasteiger partial charge is 0.385 e. The third-order valence-electron chi connectivity index (χ3n) is 2.43. The summed E-state index contributed by atoms with van der Waals surface area (Å²) in [5.74, 6) is 0. The van der Waals surface area contributed by atoms with E-state index in [0.29, 0.717) is 6.61 Å². The number of rotatable bonds is 8. The topological polar surface area (TPSA) is 34.6 Å². The van der Waals surface area contributed by atoms with Gasteiger partial charge in [0, 0.05) is 46.3 Å². The first-order chi connectivity index (χ1) is 8.29. The van der Waals surface area contributed by atoms with Crippen LogP contribution >= 0.6 is 15.9 Å². The van der Waals surface area contributed by atoms with Crippen molar-refractivity contribution in [2.75, 3.05) is 45.4 Å². The highest BCUT2D eigenvalue weighted by atomic mass is 79.9. The minimum Gasteiger partial charge on any atom is -0.385 e. The summed E-state index contributed by atoms with van der Waals surface area (Å²) < 4.78 is 11.2. The fourth-order valence-electron chi connectivity index (χ4n) is 1.58. The highest BCUT2D eigenvalue weighted by molar-refractivity contribution is 9.10. The molecule has 0 aliphatic carbocycles. The van der Waals surface area contributed by atoms with E-state index < -0.39 is 0 Å². The Balaban J connectivity index is 2.64. The molecule has 0 N–H and O–H groups in total. The van der Waals surface area contributed by atoms with Crippen molar-refractivity contribution < 1.29 is 9.47 Å². The van der Waals surface area contributed by atoms with Gasteiger partial charge in [-0.05, 0) is 28.4 Å². The summed E-state index contributed by atoms with van der Waals surface area (Å²) in [6.07, 6.45) is 4.61. The molecule has 0 bridgehead atoms. The maximum atomic E-state index is 5.14. The fraction of sp³-hybridized carbons (Fsp3) is 0.583. The second-order valence-corrected chi connectivity index (χ2v) is 4.51. The van der Waals surface area contributed by atoms with Crippen LogP contribution in [0.15, 0.2) is 22.9 Å². The van der Waals surface area contributed by atoms with Gasteiger partial charge in [0.05, 0.1) is 16.8 Å². The molecule has 0 saturated heterocycles. The van der Waals surface area contributed by atoms with E-state index in [1.54, 1.807) is 20.4 Å². The lowest BCUT2D eigenvalue weighted by Gasteiger charge is -2.25.